The number of quaternary nitrogens is 1. The Morgan fingerprint density at radius 2 is 1.63 bits per heavy atom. The second-order valence-electron chi connectivity index (χ2n) is 7.98. The predicted octanol–water partition coefficient (Wildman–Crippen LogP) is 5.15. The van der Waals surface area contributed by atoms with Crippen LogP contribution in [0.4, 0.5) is 0 Å². The third kappa shape index (κ3) is 3.97. The molecule has 2 aromatic carbocycles. The lowest BCUT2D eigenvalue weighted by atomic mass is 10.1. The van der Waals surface area contributed by atoms with Gasteiger partial charge in [0.1, 0.15) is 30.8 Å². The van der Waals surface area contributed by atoms with E-state index in [-0.39, 0.29) is 5.92 Å². The van der Waals surface area contributed by atoms with Crippen molar-refractivity contribution in [2.24, 2.45) is 0 Å². The van der Waals surface area contributed by atoms with E-state index in [1.54, 1.807) is 26.6 Å². The summed E-state index contributed by atoms with van der Waals surface area (Å²) in [7, 11) is 3.29. The van der Waals surface area contributed by atoms with E-state index >= 15 is 0 Å². The predicted molar refractivity (Wildman–Crippen MR) is 118 cm³/mol. The molecule has 1 atom stereocenters. The minimum absolute atomic E-state index is 0.272. The molecular formula is C24H27N3O3. The summed E-state index contributed by atoms with van der Waals surface area (Å²) in [5.41, 5.74) is 5.05. The minimum atomic E-state index is -0.433. The van der Waals surface area contributed by atoms with Gasteiger partial charge in [0.05, 0.1) is 26.1 Å². The first-order valence-corrected chi connectivity index (χ1v) is 10.1. The third-order valence-corrected chi connectivity index (χ3v) is 5.51. The van der Waals surface area contributed by atoms with Gasteiger partial charge in [0.15, 0.2) is 0 Å². The van der Waals surface area contributed by atoms with Gasteiger partial charge in [0, 0.05) is 22.4 Å². The van der Waals surface area contributed by atoms with E-state index in [1.807, 2.05) is 47.1 Å². The van der Waals surface area contributed by atoms with Crippen molar-refractivity contribution >= 4 is 6.20 Å². The topological polar surface area (TPSA) is 59.3 Å². The Labute approximate surface area is 177 Å². The molecule has 30 heavy (non-hydrogen) atoms. The van der Waals surface area contributed by atoms with Gasteiger partial charge in [-0.15, -0.1) is 0 Å². The smallest absolute Gasteiger partial charge is 0.119 e. The molecule has 1 aromatic heterocycles. The van der Waals surface area contributed by atoms with Crippen LogP contribution in [0.25, 0.3) is 17.5 Å². The first-order chi connectivity index (χ1) is 14.4. The van der Waals surface area contributed by atoms with Crippen molar-refractivity contribution in [3.8, 4) is 22.8 Å². The Morgan fingerprint density at radius 3 is 2.30 bits per heavy atom. The summed E-state index contributed by atoms with van der Waals surface area (Å²) < 4.78 is 11.9. The number of hydrogen-bond acceptors (Lipinski definition) is 4. The summed E-state index contributed by atoms with van der Waals surface area (Å²) in [5.74, 6) is 1.86. The van der Waals surface area contributed by atoms with Gasteiger partial charge in [0.2, 0.25) is 0 Å². The van der Waals surface area contributed by atoms with Gasteiger partial charge in [-0.2, -0.15) is 5.10 Å². The molecule has 156 valence electrons. The van der Waals surface area contributed by atoms with Crippen LogP contribution in [0.15, 0.2) is 54.7 Å². The molecule has 0 spiro atoms. The fourth-order valence-electron chi connectivity index (χ4n) is 3.82. The molecular weight excluding hydrogens is 378 g/mol. The molecule has 4 rings (SSSR count). The SMILES string of the molecule is COc1ccc(-c2cc(C(C)C)n(/C=C/[N+]3([O-])Cc4ccc(OC)cc4C3)n2)cc1. The van der Waals surface area contributed by atoms with Crippen molar-refractivity contribution < 1.29 is 14.1 Å². The van der Waals surface area contributed by atoms with Crippen molar-refractivity contribution in [2.45, 2.75) is 32.9 Å². The highest BCUT2D eigenvalue weighted by molar-refractivity contribution is 5.61. The Hall–Kier alpha value is -3.09. The molecule has 2 heterocycles. The quantitative estimate of drug-likeness (QED) is 0.420. The van der Waals surface area contributed by atoms with Gasteiger partial charge in [-0.25, -0.2) is 4.68 Å². The van der Waals surface area contributed by atoms with Crippen LogP contribution in [-0.2, 0) is 13.1 Å². The van der Waals surface area contributed by atoms with Crippen LogP contribution >= 0.6 is 0 Å². The van der Waals surface area contributed by atoms with Crippen LogP contribution in [0, 0.1) is 5.21 Å². The van der Waals surface area contributed by atoms with Crippen LogP contribution in [0.3, 0.4) is 0 Å². The van der Waals surface area contributed by atoms with Crippen LogP contribution < -0.4 is 9.47 Å². The summed E-state index contributed by atoms with van der Waals surface area (Å²) in [6, 6.07) is 15.8. The lowest BCUT2D eigenvalue weighted by molar-refractivity contribution is -0.848. The van der Waals surface area contributed by atoms with Crippen LogP contribution in [0.2, 0.25) is 0 Å². The summed E-state index contributed by atoms with van der Waals surface area (Å²) >= 11 is 0. The van der Waals surface area contributed by atoms with E-state index in [0.717, 1.165) is 39.6 Å². The standard InChI is InChI=1S/C24H27N3O3/c1-17(2)24-14-23(18-5-8-21(29-3)9-6-18)25-26(24)11-12-27(28)15-19-7-10-22(30-4)13-20(19)16-27/h5-14,17H,15-16H2,1-4H3/b12-11+. The highest BCUT2D eigenvalue weighted by Gasteiger charge is 2.27. The number of benzene rings is 2. The third-order valence-electron chi connectivity index (χ3n) is 5.51. The summed E-state index contributed by atoms with van der Waals surface area (Å²) in [4.78, 5) is 0. The Balaban J connectivity index is 1.60. The Kier molecular flexibility index (Phi) is 5.37. The molecule has 0 radical (unpaired) electrons. The second kappa shape index (κ2) is 7.97. The van der Waals surface area contributed by atoms with E-state index in [2.05, 4.69) is 19.9 Å². The average Bonchev–Trinajstić information content (AvgIpc) is 3.32. The Bertz CT molecular complexity index is 1070. The lowest BCUT2D eigenvalue weighted by Gasteiger charge is -2.33. The van der Waals surface area contributed by atoms with E-state index in [4.69, 9.17) is 14.6 Å². The molecule has 0 bridgehead atoms. The second-order valence-corrected chi connectivity index (χ2v) is 7.98. The van der Waals surface area contributed by atoms with Gasteiger partial charge in [-0.05, 0) is 54.4 Å². The largest absolute Gasteiger partial charge is 0.627 e. The van der Waals surface area contributed by atoms with E-state index in [9.17, 15) is 5.21 Å². The van der Waals surface area contributed by atoms with Crippen molar-refractivity contribution in [1.82, 2.24) is 9.78 Å². The first kappa shape index (κ1) is 20.2. The van der Waals surface area contributed by atoms with Crippen molar-refractivity contribution in [1.29, 1.82) is 0 Å². The van der Waals surface area contributed by atoms with Crippen molar-refractivity contribution in [3.05, 3.63) is 76.8 Å². The molecule has 0 saturated heterocycles. The van der Waals surface area contributed by atoms with Gasteiger partial charge >= 0.3 is 0 Å². The van der Waals surface area contributed by atoms with Gasteiger partial charge in [-0.1, -0.05) is 13.8 Å². The molecule has 0 fully saturated rings. The lowest BCUT2D eigenvalue weighted by Crippen LogP contribution is -2.29. The number of hydrogen-bond donors (Lipinski definition) is 0. The van der Waals surface area contributed by atoms with Gasteiger partial charge in [-0.3, -0.25) is 0 Å². The monoisotopic (exact) mass is 405 g/mol. The molecule has 0 N–H and O–H groups in total. The van der Waals surface area contributed by atoms with E-state index < -0.39 is 4.65 Å². The number of nitrogens with zero attached hydrogens (tertiary/aromatic N) is 3. The normalized spacial score (nSPS) is 18.2. The van der Waals surface area contributed by atoms with E-state index in [0.29, 0.717) is 13.1 Å². The summed E-state index contributed by atoms with van der Waals surface area (Å²) in [6.45, 7) is 5.06. The van der Waals surface area contributed by atoms with Crippen LogP contribution in [-0.4, -0.2) is 28.6 Å². The van der Waals surface area contributed by atoms with Crippen LogP contribution in [0.5, 0.6) is 11.5 Å². The van der Waals surface area contributed by atoms with E-state index in [1.165, 1.54) is 0 Å². The zero-order chi connectivity index (χ0) is 21.3. The highest BCUT2D eigenvalue weighted by atomic mass is 16.5. The van der Waals surface area contributed by atoms with Crippen molar-refractivity contribution in [3.63, 3.8) is 0 Å². The Morgan fingerprint density at radius 1 is 0.967 bits per heavy atom. The number of methoxy groups -OCH3 is 2. The molecule has 6 heteroatoms. The molecule has 0 saturated carbocycles. The maximum Gasteiger partial charge on any atom is 0.119 e. The molecule has 1 aliphatic rings. The molecule has 6 nitrogen and oxygen atoms in total. The fraction of sp³-hybridized carbons (Fsp3) is 0.292. The van der Waals surface area contributed by atoms with Crippen molar-refractivity contribution in [2.75, 3.05) is 14.2 Å². The number of rotatable bonds is 6. The molecule has 3 aromatic rings. The fourth-order valence-corrected chi connectivity index (χ4v) is 3.82. The highest BCUT2D eigenvalue weighted by Crippen LogP contribution is 2.33. The maximum absolute atomic E-state index is 13.3. The number of aromatic nitrogens is 2. The summed E-state index contributed by atoms with van der Waals surface area (Å²) in [6.07, 6.45) is 3.50. The number of ether oxygens (including phenoxy) is 2. The molecule has 1 unspecified atom stereocenters. The zero-order valence-electron chi connectivity index (χ0n) is 17.8. The first-order valence-electron chi connectivity index (χ1n) is 10.1. The van der Waals surface area contributed by atoms with Gasteiger partial charge < -0.3 is 19.3 Å². The van der Waals surface area contributed by atoms with Gasteiger partial charge in [0.25, 0.3) is 0 Å². The minimum Gasteiger partial charge on any atom is -0.627 e. The summed E-state index contributed by atoms with van der Waals surface area (Å²) in [5, 5.41) is 18.1. The molecule has 0 aliphatic carbocycles. The number of hydroxylamine groups is 3. The van der Waals surface area contributed by atoms with Crippen LogP contribution in [0.1, 0.15) is 36.6 Å². The maximum atomic E-state index is 13.3. The number of fused-ring (bicyclic) bond motifs is 1. The zero-order valence-corrected chi connectivity index (χ0v) is 17.8. The molecule has 1 aliphatic heterocycles. The average molecular weight is 405 g/mol. The molecule has 0 amide bonds.